The number of amides is 1. The van der Waals surface area contributed by atoms with Gasteiger partial charge >= 0.3 is 6.18 Å². The van der Waals surface area contributed by atoms with E-state index in [1.807, 2.05) is 0 Å². The fraction of sp³-hybridized carbons (Fsp3) is 0.464. The molecule has 11 heteroatoms. The van der Waals surface area contributed by atoms with Gasteiger partial charge in [0.2, 0.25) is 0 Å². The van der Waals surface area contributed by atoms with Gasteiger partial charge in [-0.05, 0) is 53.9 Å². The van der Waals surface area contributed by atoms with Gasteiger partial charge in [0.05, 0.1) is 18.7 Å². The number of fused-ring (bicyclic) bond motifs is 2. The number of nitrogens with one attached hydrogen (secondary N) is 2. The summed E-state index contributed by atoms with van der Waals surface area (Å²) in [5, 5.41) is 20.2. The first kappa shape index (κ1) is 27.1. The minimum absolute atomic E-state index is 0.105. The Morgan fingerprint density at radius 2 is 1.97 bits per heavy atom. The molecule has 2 aliphatic rings. The Morgan fingerprint density at radius 1 is 1.26 bits per heavy atom. The van der Waals surface area contributed by atoms with E-state index in [4.69, 9.17) is 4.74 Å². The first-order valence-electron chi connectivity index (χ1n) is 12.8. The van der Waals surface area contributed by atoms with E-state index in [1.54, 1.807) is 24.3 Å². The van der Waals surface area contributed by atoms with E-state index in [9.17, 15) is 23.2 Å². The predicted molar refractivity (Wildman–Crippen MR) is 143 cm³/mol. The van der Waals surface area contributed by atoms with Crippen LogP contribution in [0.3, 0.4) is 0 Å². The van der Waals surface area contributed by atoms with Crippen molar-refractivity contribution < 1.29 is 22.7 Å². The summed E-state index contributed by atoms with van der Waals surface area (Å²) in [6.45, 7) is 6.60. The molecule has 1 aliphatic carbocycles. The number of halogens is 3. The van der Waals surface area contributed by atoms with Crippen LogP contribution in [0.1, 0.15) is 77.8 Å². The Balaban J connectivity index is 1.41. The third-order valence-corrected chi connectivity index (χ3v) is 8.94. The number of methoxy groups -OCH3 is 1. The van der Waals surface area contributed by atoms with Gasteiger partial charge in [-0.25, -0.2) is 4.68 Å². The third-order valence-electron chi connectivity index (χ3n) is 7.77. The summed E-state index contributed by atoms with van der Waals surface area (Å²) < 4.78 is 48.3. The Morgan fingerprint density at radius 3 is 2.59 bits per heavy atom. The number of rotatable bonds is 4. The number of aromatic nitrogens is 2. The maximum atomic E-state index is 14.1. The van der Waals surface area contributed by atoms with Crippen LogP contribution in [0.15, 0.2) is 30.3 Å². The number of alkyl halides is 3. The van der Waals surface area contributed by atoms with Gasteiger partial charge in [0.25, 0.3) is 5.91 Å². The van der Waals surface area contributed by atoms with Gasteiger partial charge in [-0.2, -0.15) is 23.5 Å². The van der Waals surface area contributed by atoms with E-state index in [-0.39, 0.29) is 23.3 Å². The zero-order valence-electron chi connectivity index (χ0n) is 22.1. The minimum atomic E-state index is -4.56. The fourth-order valence-electron chi connectivity index (χ4n) is 5.44. The Labute approximate surface area is 229 Å². The van der Waals surface area contributed by atoms with Crippen LogP contribution in [0.5, 0.6) is 5.75 Å². The van der Waals surface area contributed by atoms with Gasteiger partial charge in [-0.1, -0.05) is 32.9 Å². The molecule has 0 bridgehead atoms. The number of nitriles is 1. The molecule has 206 valence electrons. The number of benzene rings is 1. The standard InChI is InChI=1S/C28H30F3N5O2S/c1-27(2,3)16-7-10-18-19(14-32)26(39-22(18)11-16)34-25(37)21-13-24-33-20(15-5-8-17(38-4)9-6-15)12-23(28(29,30)31)36(24)35-21/h5-6,8-9,13,16,20,23,33H,7,10-12H2,1-4H3,(H,34,37)/t16-,20-,23+/m0/s1. The quantitative estimate of drug-likeness (QED) is 0.365. The summed E-state index contributed by atoms with van der Waals surface area (Å²) in [5.41, 5.74) is 2.04. The van der Waals surface area contributed by atoms with Crippen molar-refractivity contribution in [1.29, 1.82) is 5.26 Å². The molecule has 1 aromatic carbocycles. The highest BCUT2D eigenvalue weighted by molar-refractivity contribution is 7.16. The lowest BCUT2D eigenvalue weighted by molar-refractivity contribution is -0.173. The molecule has 5 rings (SSSR count). The molecule has 3 heterocycles. The Hall–Kier alpha value is -3.52. The number of carbonyl (C=O) groups excluding carboxylic acids is 1. The Kier molecular flexibility index (Phi) is 6.87. The maximum absolute atomic E-state index is 14.1. The number of hydrogen-bond acceptors (Lipinski definition) is 6. The average molecular weight is 558 g/mol. The number of nitrogens with zero attached hydrogens (tertiary/aromatic N) is 3. The molecule has 1 amide bonds. The molecule has 3 aromatic rings. The summed E-state index contributed by atoms with van der Waals surface area (Å²) >= 11 is 1.37. The summed E-state index contributed by atoms with van der Waals surface area (Å²) in [5.74, 6) is 0.520. The molecule has 0 fully saturated rings. The lowest BCUT2D eigenvalue weighted by Crippen LogP contribution is -2.35. The Bertz CT molecular complexity index is 1430. The van der Waals surface area contributed by atoms with E-state index in [0.29, 0.717) is 27.8 Å². The number of anilines is 2. The van der Waals surface area contributed by atoms with Crippen LogP contribution in [0.2, 0.25) is 0 Å². The van der Waals surface area contributed by atoms with E-state index in [1.165, 1.54) is 24.5 Å². The van der Waals surface area contributed by atoms with E-state index in [0.717, 1.165) is 34.4 Å². The van der Waals surface area contributed by atoms with Gasteiger partial charge in [-0.15, -0.1) is 11.3 Å². The number of ether oxygens (including phenoxy) is 1. The fourth-order valence-corrected chi connectivity index (χ4v) is 6.71. The van der Waals surface area contributed by atoms with Crippen LogP contribution in [0.4, 0.5) is 24.0 Å². The molecule has 0 spiro atoms. The van der Waals surface area contributed by atoms with Gasteiger partial charge in [0, 0.05) is 17.4 Å². The highest BCUT2D eigenvalue weighted by atomic mass is 32.1. The number of carbonyl (C=O) groups is 1. The molecule has 0 saturated carbocycles. The van der Waals surface area contributed by atoms with Crippen molar-refractivity contribution in [3.05, 3.63) is 57.6 Å². The molecular formula is C28H30F3N5O2S. The van der Waals surface area contributed by atoms with Crippen LogP contribution in [0, 0.1) is 22.7 Å². The van der Waals surface area contributed by atoms with E-state index in [2.05, 4.69) is 42.6 Å². The predicted octanol–water partition coefficient (Wildman–Crippen LogP) is 6.89. The molecule has 7 nitrogen and oxygen atoms in total. The molecule has 0 saturated heterocycles. The molecular weight excluding hydrogens is 527 g/mol. The van der Waals surface area contributed by atoms with E-state index < -0.39 is 24.2 Å². The van der Waals surface area contributed by atoms with Crippen molar-refractivity contribution in [3.63, 3.8) is 0 Å². The first-order chi connectivity index (χ1) is 18.4. The second-order valence-electron chi connectivity index (χ2n) is 11.2. The summed E-state index contributed by atoms with van der Waals surface area (Å²) in [6, 6.07) is 7.85. The van der Waals surface area contributed by atoms with Gasteiger partial charge in [0.15, 0.2) is 11.7 Å². The zero-order valence-corrected chi connectivity index (χ0v) is 23.0. The van der Waals surface area contributed by atoms with E-state index >= 15 is 0 Å². The zero-order chi connectivity index (χ0) is 28.1. The molecule has 2 aromatic heterocycles. The van der Waals surface area contributed by atoms with Gasteiger partial charge < -0.3 is 15.4 Å². The lowest BCUT2D eigenvalue weighted by atomic mass is 9.72. The molecule has 0 radical (unpaired) electrons. The summed E-state index contributed by atoms with van der Waals surface area (Å²) in [4.78, 5) is 14.3. The topological polar surface area (TPSA) is 92.0 Å². The van der Waals surface area contributed by atoms with Gasteiger partial charge in [0.1, 0.15) is 22.6 Å². The molecule has 0 unspecified atom stereocenters. The van der Waals surface area contributed by atoms with Crippen LogP contribution >= 0.6 is 11.3 Å². The second kappa shape index (κ2) is 9.90. The highest BCUT2D eigenvalue weighted by Gasteiger charge is 2.47. The van der Waals surface area contributed by atoms with Gasteiger partial charge in [-0.3, -0.25) is 4.79 Å². The summed E-state index contributed by atoms with van der Waals surface area (Å²) in [7, 11) is 1.52. The molecule has 39 heavy (non-hydrogen) atoms. The lowest BCUT2D eigenvalue weighted by Gasteiger charge is -2.33. The van der Waals surface area contributed by atoms with Crippen molar-refractivity contribution >= 4 is 28.1 Å². The second-order valence-corrected chi connectivity index (χ2v) is 12.3. The number of thiophene rings is 1. The summed E-state index contributed by atoms with van der Waals surface area (Å²) in [6.07, 6.45) is -2.29. The molecule has 2 N–H and O–H groups in total. The third kappa shape index (κ3) is 5.22. The van der Waals surface area contributed by atoms with Crippen molar-refractivity contribution in [3.8, 4) is 11.8 Å². The van der Waals surface area contributed by atoms with Crippen LogP contribution < -0.4 is 15.4 Å². The highest BCUT2D eigenvalue weighted by Crippen LogP contribution is 2.45. The van der Waals surface area contributed by atoms with Crippen molar-refractivity contribution in [1.82, 2.24) is 9.78 Å². The van der Waals surface area contributed by atoms with Crippen LogP contribution in [0.25, 0.3) is 0 Å². The first-order valence-corrected chi connectivity index (χ1v) is 13.6. The van der Waals surface area contributed by atoms with Crippen molar-refractivity contribution in [2.24, 2.45) is 11.3 Å². The van der Waals surface area contributed by atoms with Crippen molar-refractivity contribution in [2.75, 3.05) is 17.7 Å². The normalized spacial score (nSPS) is 20.8. The molecule has 3 atom stereocenters. The van der Waals surface area contributed by atoms with Crippen LogP contribution in [-0.2, 0) is 12.8 Å². The number of hydrogen-bond donors (Lipinski definition) is 2. The largest absolute Gasteiger partial charge is 0.497 e. The average Bonchev–Trinajstić information content (AvgIpc) is 3.47. The monoisotopic (exact) mass is 557 g/mol. The smallest absolute Gasteiger partial charge is 0.410 e. The SMILES string of the molecule is COc1ccc([C@@H]2C[C@H](C(F)(F)F)n3nc(C(=O)Nc4sc5c(c4C#N)CC[C@H](C(C)(C)C)C5)cc3N2)cc1. The minimum Gasteiger partial charge on any atom is -0.497 e. The maximum Gasteiger partial charge on any atom is 0.410 e. The van der Waals surface area contributed by atoms with Crippen LogP contribution in [-0.4, -0.2) is 29.0 Å². The van der Waals surface area contributed by atoms with Crippen molar-refractivity contribution in [2.45, 2.75) is 64.7 Å². The molecule has 1 aliphatic heterocycles.